The molecule has 0 bridgehead atoms. The number of amides is 2. The summed E-state index contributed by atoms with van der Waals surface area (Å²) >= 11 is 6.03. The Morgan fingerprint density at radius 2 is 1.77 bits per heavy atom. The number of carboxylic acid groups (broad SMARTS) is 1. The van der Waals surface area contributed by atoms with E-state index in [2.05, 4.69) is 33.5 Å². The Kier molecular flexibility index (Phi) is 8.60. The number of halogens is 4. The Balaban J connectivity index is 0.000000448. The number of carboxylic acids is 1. The third-order valence-electron chi connectivity index (χ3n) is 6.03. The maximum absolute atomic E-state index is 12.3. The molecular weight excluding hydrogens is 539 g/mol. The fraction of sp³-hybridized carbons (Fsp3) is 0.231. The van der Waals surface area contributed by atoms with E-state index in [1.54, 1.807) is 18.2 Å². The zero-order valence-corrected chi connectivity index (χ0v) is 21.0. The van der Waals surface area contributed by atoms with Gasteiger partial charge in [0.2, 0.25) is 0 Å². The molecule has 1 saturated heterocycles. The van der Waals surface area contributed by atoms with Crippen LogP contribution in [0.2, 0.25) is 5.02 Å². The van der Waals surface area contributed by atoms with E-state index in [9.17, 15) is 23.1 Å². The molecular formula is C26H25ClF3N5O4. The number of hydrogen-bond donors (Lipinski definition) is 6. The predicted octanol–water partition coefficient (Wildman–Crippen LogP) is 4.15. The van der Waals surface area contributed by atoms with E-state index in [0.717, 1.165) is 11.3 Å². The van der Waals surface area contributed by atoms with Gasteiger partial charge in [-0.2, -0.15) is 18.6 Å². The average Bonchev–Trinajstić information content (AvgIpc) is 3.41. The Labute approximate surface area is 226 Å². The number of hydrazine groups is 1. The van der Waals surface area contributed by atoms with Gasteiger partial charge in [0.25, 0.3) is 0 Å². The fourth-order valence-electron chi connectivity index (χ4n) is 4.22. The van der Waals surface area contributed by atoms with Crippen molar-refractivity contribution in [2.75, 3.05) is 10.3 Å². The Morgan fingerprint density at radius 1 is 1.08 bits per heavy atom. The number of urea groups is 1. The largest absolute Gasteiger partial charge is 0.490 e. The van der Waals surface area contributed by atoms with Crippen molar-refractivity contribution in [3.05, 3.63) is 94.5 Å². The molecule has 0 spiro atoms. The average molecular weight is 564 g/mol. The highest BCUT2D eigenvalue weighted by molar-refractivity contribution is 6.30. The minimum Gasteiger partial charge on any atom is -0.475 e. The first-order chi connectivity index (χ1) is 18.5. The molecule has 0 aromatic heterocycles. The van der Waals surface area contributed by atoms with Gasteiger partial charge in [-0.05, 0) is 47.0 Å². The summed E-state index contributed by atoms with van der Waals surface area (Å²) in [5.74, 6) is -2.76. The summed E-state index contributed by atoms with van der Waals surface area (Å²) in [5, 5.41) is 29.1. The molecule has 3 atom stereocenters. The van der Waals surface area contributed by atoms with Crippen LogP contribution in [0, 0.1) is 0 Å². The summed E-state index contributed by atoms with van der Waals surface area (Å²) in [6.45, 7) is 0.650. The summed E-state index contributed by atoms with van der Waals surface area (Å²) in [5.41, 5.74) is 8.10. The molecule has 3 aromatic rings. The smallest absolute Gasteiger partial charge is 0.475 e. The molecule has 2 aliphatic rings. The van der Waals surface area contributed by atoms with Crippen LogP contribution >= 0.6 is 11.6 Å². The molecule has 1 heterocycles. The second-order valence-electron chi connectivity index (χ2n) is 8.80. The molecule has 9 nitrogen and oxygen atoms in total. The van der Waals surface area contributed by atoms with Crippen molar-refractivity contribution in [2.45, 2.75) is 37.6 Å². The van der Waals surface area contributed by atoms with Crippen LogP contribution in [-0.2, 0) is 17.8 Å². The van der Waals surface area contributed by atoms with Gasteiger partial charge in [0.15, 0.2) is 6.29 Å². The number of aliphatic hydroxyl groups excluding tert-OH is 1. The van der Waals surface area contributed by atoms with Crippen molar-refractivity contribution in [3.63, 3.8) is 0 Å². The predicted molar refractivity (Wildman–Crippen MR) is 139 cm³/mol. The SMILES string of the molecule is O=C(O)C(F)(F)F.O=C1NC(Nc2ccc(CNC3c4ccccc4CC3O)cc2)NN1c1cccc(Cl)c1. The van der Waals surface area contributed by atoms with Crippen LogP contribution < -0.4 is 26.4 Å². The number of nitrogens with one attached hydrogen (secondary N) is 4. The minimum atomic E-state index is -5.08. The van der Waals surface area contributed by atoms with E-state index in [4.69, 9.17) is 21.5 Å². The topological polar surface area (TPSA) is 126 Å². The van der Waals surface area contributed by atoms with Crippen LogP contribution in [0.3, 0.4) is 0 Å². The lowest BCUT2D eigenvalue weighted by atomic mass is 10.1. The van der Waals surface area contributed by atoms with Crippen molar-refractivity contribution >= 4 is 35.0 Å². The molecule has 206 valence electrons. The Bertz CT molecular complexity index is 1330. The lowest BCUT2D eigenvalue weighted by molar-refractivity contribution is -0.192. The van der Waals surface area contributed by atoms with Crippen LogP contribution in [0.4, 0.5) is 29.3 Å². The van der Waals surface area contributed by atoms with Crippen LogP contribution in [-0.4, -0.2) is 40.8 Å². The normalized spacial score (nSPS) is 20.1. The zero-order chi connectivity index (χ0) is 28.2. The number of carbonyl (C=O) groups excluding carboxylic acids is 1. The summed E-state index contributed by atoms with van der Waals surface area (Å²) in [4.78, 5) is 21.2. The van der Waals surface area contributed by atoms with Crippen molar-refractivity contribution in [1.29, 1.82) is 0 Å². The Hall–Kier alpha value is -3.84. The van der Waals surface area contributed by atoms with Crippen LogP contribution in [0.15, 0.2) is 72.8 Å². The first-order valence-electron chi connectivity index (χ1n) is 11.8. The van der Waals surface area contributed by atoms with Crippen molar-refractivity contribution in [3.8, 4) is 0 Å². The summed E-state index contributed by atoms with van der Waals surface area (Å²) in [6.07, 6.45) is -5.26. The number of nitrogens with zero attached hydrogens (tertiary/aromatic N) is 1. The van der Waals surface area contributed by atoms with Gasteiger partial charge < -0.3 is 26.2 Å². The summed E-state index contributed by atoms with van der Waals surface area (Å²) in [7, 11) is 0. The third kappa shape index (κ3) is 7.18. The number of anilines is 2. The zero-order valence-electron chi connectivity index (χ0n) is 20.2. The quantitative estimate of drug-likeness (QED) is 0.266. The highest BCUT2D eigenvalue weighted by Crippen LogP contribution is 2.31. The standard InChI is InChI=1S/C24H24ClN5O2.C2HF3O2/c25-17-5-3-6-19(13-17)30-24(32)28-23(29-30)27-18-10-8-15(9-11-18)14-26-22-20-7-2-1-4-16(20)12-21(22)31;3-2(4,5)1(6)7/h1-11,13,21-23,26-27,29,31H,12,14H2,(H,28,32);(H,6,7). The number of aliphatic hydroxyl groups is 1. The summed E-state index contributed by atoms with van der Waals surface area (Å²) in [6, 6.07) is 22.9. The third-order valence-corrected chi connectivity index (χ3v) is 6.27. The van der Waals surface area contributed by atoms with E-state index >= 15 is 0 Å². The molecule has 5 rings (SSSR count). The molecule has 39 heavy (non-hydrogen) atoms. The molecule has 3 unspecified atom stereocenters. The van der Waals surface area contributed by atoms with E-state index in [1.165, 1.54) is 16.1 Å². The lowest BCUT2D eigenvalue weighted by Crippen LogP contribution is -2.42. The van der Waals surface area contributed by atoms with Gasteiger partial charge >= 0.3 is 18.2 Å². The molecule has 0 radical (unpaired) electrons. The van der Waals surface area contributed by atoms with Gasteiger partial charge in [0.05, 0.1) is 17.8 Å². The fourth-order valence-corrected chi connectivity index (χ4v) is 4.40. The molecule has 0 saturated carbocycles. The number of hydrogen-bond acceptors (Lipinski definition) is 6. The van der Waals surface area contributed by atoms with Crippen molar-refractivity contribution < 1.29 is 33.0 Å². The first-order valence-corrected chi connectivity index (χ1v) is 12.2. The highest BCUT2D eigenvalue weighted by Gasteiger charge is 2.38. The molecule has 3 aromatic carbocycles. The van der Waals surface area contributed by atoms with Crippen LogP contribution in [0.5, 0.6) is 0 Å². The number of fused-ring (bicyclic) bond motifs is 1. The van der Waals surface area contributed by atoms with Crippen LogP contribution in [0.1, 0.15) is 22.7 Å². The van der Waals surface area contributed by atoms with E-state index in [1.807, 2.05) is 42.5 Å². The van der Waals surface area contributed by atoms with E-state index in [-0.39, 0.29) is 12.1 Å². The van der Waals surface area contributed by atoms with Gasteiger partial charge in [-0.3, -0.25) is 0 Å². The van der Waals surface area contributed by atoms with Gasteiger partial charge in [-0.1, -0.05) is 54.1 Å². The van der Waals surface area contributed by atoms with E-state index < -0.39 is 24.5 Å². The molecule has 2 amide bonds. The number of benzene rings is 3. The maximum Gasteiger partial charge on any atom is 0.490 e. The summed E-state index contributed by atoms with van der Waals surface area (Å²) < 4.78 is 31.7. The maximum atomic E-state index is 12.3. The van der Waals surface area contributed by atoms with Gasteiger partial charge in [-0.15, -0.1) is 0 Å². The molecule has 13 heteroatoms. The molecule has 1 fully saturated rings. The van der Waals surface area contributed by atoms with E-state index in [0.29, 0.717) is 23.7 Å². The second-order valence-corrected chi connectivity index (χ2v) is 9.24. The Morgan fingerprint density at radius 3 is 2.44 bits per heavy atom. The number of alkyl halides is 3. The van der Waals surface area contributed by atoms with Gasteiger partial charge in [-0.25, -0.2) is 14.6 Å². The molecule has 1 aliphatic carbocycles. The molecule has 6 N–H and O–H groups in total. The first kappa shape index (κ1) is 28.2. The number of rotatable bonds is 6. The van der Waals surface area contributed by atoms with Gasteiger partial charge in [0, 0.05) is 23.7 Å². The lowest BCUT2D eigenvalue weighted by Gasteiger charge is -2.19. The van der Waals surface area contributed by atoms with Crippen molar-refractivity contribution in [1.82, 2.24) is 16.1 Å². The van der Waals surface area contributed by atoms with Crippen LogP contribution in [0.25, 0.3) is 0 Å². The monoisotopic (exact) mass is 563 g/mol. The minimum absolute atomic E-state index is 0.0561. The number of aliphatic carboxylic acids is 1. The number of carbonyl (C=O) groups is 2. The van der Waals surface area contributed by atoms with Crippen molar-refractivity contribution in [2.24, 2.45) is 0 Å². The van der Waals surface area contributed by atoms with Gasteiger partial charge in [0.1, 0.15) is 0 Å². The highest BCUT2D eigenvalue weighted by atomic mass is 35.5. The second kappa shape index (κ2) is 11.9. The molecule has 1 aliphatic heterocycles.